The summed E-state index contributed by atoms with van der Waals surface area (Å²) in [7, 11) is 0.817. The Labute approximate surface area is 133 Å². The fourth-order valence-corrected chi connectivity index (χ4v) is 2.52. The van der Waals surface area contributed by atoms with Crippen LogP contribution in [0.5, 0.6) is 0 Å². The first-order valence-electron chi connectivity index (χ1n) is 7.46. The second-order valence-electron chi connectivity index (χ2n) is 5.00. The minimum absolute atomic E-state index is 0.0875. The Bertz CT molecular complexity index is 580. The molecule has 8 heteroatoms. The predicted molar refractivity (Wildman–Crippen MR) is 90.3 cm³/mol. The van der Waals surface area contributed by atoms with Crippen molar-refractivity contribution in [1.82, 2.24) is 19.5 Å². The van der Waals surface area contributed by atoms with Crippen LogP contribution >= 0.6 is 0 Å². The Morgan fingerprint density at radius 3 is 2.68 bits per heavy atom. The zero-order valence-electron chi connectivity index (χ0n) is 13.8. The van der Waals surface area contributed by atoms with Crippen LogP contribution in [0.2, 0.25) is 0 Å². The van der Waals surface area contributed by atoms with Gasteiger partial charge in [-0.05, 0) is 26.0 Å². The molecule has 0 amide bonds. The largest absolute Gasteiger partial charge is 0.357 e. The van der Waals surface area contributed by atoms with Gasteiger partial charge in [0.15, 0.2) is 5.96 Å². The maximum Gasteiger partial charge on any atom is 0.211 e. The van der Waals surface area contributed by atoms with Crippen molar-refractivity contribution >= 4 is 16.0 Å². The van der Waals surface area contributed by atoms with Crippen LogP contribution in [0.4, 0.5) is 0 Å². The average molecular weight is 329 g/mol. The van der Waals surface area contributed by atoms with Gasteiger partial charge in [0.05, 0.1) is 18.8 Å². The Morgan fingerprint density at radius 1 is 1.41 bits per heavy atom. The molecule has 0 bridgehead atoms. The summed E-state index contributed by atoms with van der Waals surface area (Å²) in [6, 6.07) is 4.07. The van der Waals surface area contributed by atoms with Gasteiger partial charge < -0.3 is 14.8 Å². The number of nitrogens with one attached hydrogen (secondary N) is 2. The monoisotopic (exact) mass is 329 g/mol. The molecule has 0 unspecified atom stereocenters. The van der Waals surface area contributed by atoms with Crippen molar-refractivity contribution in [2.45, 2.75) is 20.4 Å². The summed E-state index contributed by atoms with van der Waals surface area (Å²) in [5, 5.41) is 3.22. The SMILES string of the molecule is CCNC(=NCCNS(=O)(=O)CC)N(C)Cc1cccn1C. The van der Waals surface area contributed by atoms with Crippen molar-refractivity contribution in [2.75, 3.05) is 32.4 Å². The first kappa shape index (κ1) is 18.5. The van der Waals surface area contributed by atoms with Crippen LogP contribution in [0, 0.1) is 0 Å². The summed E-state index contributed by atoms with van der Waals surface area (Å²) < 4.78 is 27.3. The Hall–Kier alpha value is -1.54. The number of hydrogen-bond acceptors (Lipinski definition) is 3. The average Bonchev–Trinajstić information content (AvgIpc) is 2.87. The lowest BCUT2D eigenvalue weighted by Crippen LogP contribution is -2.39. The Balaban J connectivity index is 2.59. The van der Waals surface area contributed by atoms with E-state index in [0.717, 1.165) is 19.0 Å². The van der Waals surface area contributed by atoms with Gasteiger partial charge in [-0.15, -0.1) is 0 Å². The predicted octanol–water partition coefficient (Wildman–Crippen LogP) is 0.362. The van der Waals surface area contributed by atoms with Gasteiger partial charge in [0.25, 0.3) is 0 Å². The van der Waals surface area contributed by atoms with E-state index in [2.05, 4.69) is 25.7 Å². The lowest BCUT2D eigenvalue weighted by atomic mass is 10.4. The third kappa shape index (κ3) is 6.07. The van der Waals surface area contributed by atoms with Crippen molar-refractivity contribution in [3.63, 3.8) is 0 Å². The van der Waals surface area contributed by atoms with E-state index in [4.69, 9.17) is 0 Å². The highest BCUT2D eigenvalue weighted by molar-refractivity contribution is 7.89. The fourth-order valence-electron chi connectivity index (χ4n) is 1.91. The van der Waals surface area contributed by atoms with Gasteiger partial charge in [-0.25, -0.2) is 13.1 Å². The van der Waals surface area contributed by atoms with Crippen LogP contribution in [0.25, 0.3) is 0 Å². The molecule has 0 aromatic carbocycles. The summed E-state index contributed by atoms with van der Waals surface area (Å²) in [6.07, 6.45) is 2.01. The Kier molecular flexibility index (Phi) is 7.40. The van der Waals surface area contributed by atoms with Crippen LogP contribution in [0.15, 0.2) is 23.3 Å². The van der Waals surface area contributed by atoms with Crippen molar-refractivity contribution < 1.29 is 8.42 Å². The number of sulfonamides is 1. The van der Waals surface area contributed by atoms with Gasteiger partial charge in [-0.1, -0.05) is 0 Å². The molecule has 7 nitrogen and oxygen atoms in total. The van der Waals surface area contributed by atoms with Crippen LogP contribution in [-0.2, 0) is 23.6 Å². The molecule has 126 valence electrons. The lowest BCUT2D eigenvalue weighted by molar-refractivity contribution is 0.462. The van der Waals surface area contributed by atoms with E-state index in [1.165, 1.54) is 5.69 Å². The van der Waals surface area contributed by atoms with Gasteiger partial charge >= 0.3 is 0 Å². The molecule has 0 radical (unpaired) electrons. The van der Waals surface area contributed by atoms with Crippen molar-refractivity contribution in [3.8, 4) is 0 Å². The maximum absolute atomic E-state index is 11.4. The topological polar surface area (TPSA) is 78.7 Å². The van der Waals surface area contributed by atoms with Crippen molar-refractivity contribution in [2.24, 2.45) is 12.0 Å². The summed E-state index contributed by atoms with van der Waals surface area (Å²) in [5.41, 5.74) is 1.18. The van der Waals surface area contributed by atoms with Crippen molar-refractivity contribution in [3.05, 3.63) is 24.0 Å². The van der Waals surface area contributed by atoms with Crippen LogP contribution in [0.1, 0.15) is 19.5 Å². The quantitative estimate of drug-likeness (QED) is 0.410. The zero-order valence-corrected chi connectivity index (χ0v) is 14.7. The van der Waals surface area contributed by atoms with E-state index < -0.39 is 10.0 Å². The molecule has 1 aromatic heterocycles. The molecule has 0 saturated heterocycles. The molecule has 0 fully saturated rings. The molecule has 1 aromatic rings. The highest BCUT2D eigenvalue weighted by atomic mass is 32.2. The second kappa shape index (κ2) is 8.79. The van der Waals surface area contributed by atoms with E-state index in [1.807, 2.05) is 38.2 Å². The van der Waals surface area contributed by atoms with Crippen LogP contribution < -0.4 is 10.0 Å². The smallest absolute Gasteiger partial charge is 0.211 e. The van der Waals surface area contributed by atoms with E-state index >= 15 is 0 Å². The number of aryl methyl sites for hydroxylation is 1. The number of hydrogen-bond donors (Lipinski definition) is 2. The molecular weight excluding hydrogens is 302 g/mol. The van der Waals surface area contributed by atoms with Gasteiger partial charge in [-0.2, -0.15) is 0 Å². The van der Waals surface area contributed by atoms with Gasteiger partial charge in [-0.3, -0.25) is 4.99 Å². The molecule has 0 atom stereocenters. The van der Waals surface area contributed by atoms with Crippen LogP contribution in [-0.4, -0.2) is 56.3 Å². The first-order valence-corrected chi connectivity index (χ1v) is 9.11. The van der Waals surface area contributed by atoms with Crippen LogP contribution in [0.3, 0.4) is 0 Å². The van der Waals surface area contributed by atoms with Gasteiger partial charge in [0, 0.05) is 39.1 Å². The van der Waals surface area contributed by atoms with Gasteiger partial charge in [0.1, 0.15) is 0 Å². The van der Waals surface area contributed by atoms with E-state index in [0.29, 0.717) is 13.1 Å². The number of nitrogens with zero attached hydrogens (tertiary/aromatic N) is 3. The first-order chi connectivity index (χ1) is 10.4. The molecule has 0 aliphatic carbocycles. The summed E-state index contributed by atoms with van der Waals surface area (Å²) in [5.74, 6) is 0.851. The number of aromatic nitrogens is 1. The summed E-state index contributed by atoms with van der Waals surface area (Å²) >= 11 is 0. The third-order valence-electron chi connectivity index (χ3n) is 3.22. The molecule has 0 saturated carbocycles. The number of aliphatic imine (C=N–C) groups is 1. The van der Waals surface area contributed by atoms with Crippen molar-refractivity contribution in [1.29, 1.82) is 0 Å². The molecule has 1 heterocycles. The second-order valence-corrected chi connectivity index (χ2v) is 7.10. The minimum Gasteiger partial charge on any atom is -0.357 e. The molecule has 0 spiro atoms. The number of rotatable bonds is 8. The number of guanidine groups is 1. The maximum atomic E-state index is 11.4. The summed E-state index contributed by atoms with van der Waals surface area (Å²) in [6.45, 7) is 5.82. The molecule has 0 aliphatic rings. The minimum atomic E-state index is -3.15. The van der Waals surface area contributed by atoms with E-state index in [9.17, 15) is 8.42 Å². The summed E-state index contributed by atoms with van der Waals surface area (Å²) in [4.78, 5) is 6.48. The standard InChI is InChI=1S/C14H27N5O2S/c1-5-15-14(16-9-10-17-22(20,21)6-2)19(4)12-13-8-7-11-18(13)3/h7-8,11,17H,5-6,9-10,12H2,1-4H3,(H,15,16). The molecule has 2 N–H and O–H groups in total. The highest BCUT2D eigenvalue weighted by Gasteiger charge is 2.09. The molecular formula is C14H27N5O2S. The van der Waals surface area contributed by atoms with E-state index in [1.54, 1.807) is 6.92 Å². The highest BCUT2D eigenvalue weighted by Crippen LogP contribution is 2.03. The fraction of sp³-hybridized carbons (Fsp3) is 0.643. The zero-order chi connectivity index (χ0) is 16.6. The lowest BCUT2D eigenvalue weighted by Gasteiger charge is -2.22. The Morgan fingerprint density at radius 2 is 2.14 bits per heavy atom. The van der Waals surface area contributed by atoms with E-state index in [-0.39, 0.29) is 5.75 Å². The molecule has 22 heavy (non-hydrogen) atoms. The molecule has 1 rings (SSSR count). The third-order valence-corrected chi connectivity index (χ3v) is 4.63. The van der Waals surface area contributed by atoms with Gasteiger partial charge in [0.2, 0.25) is 10.0 Å². The normalized spacial score (nSPS) is 12.5. The molecule has 0 aliphatic heterocycles.